The Hall–Kier alpha value is -1.87. The molecule has 0 radical (unpaired) electrons. The molecule has 0 aromatic heterocycles. The molecule has 20 heavy (non-hydrogen) atoms. The highest BCUT2D eigenvalue weighted by molar-refractivity contribution is 5.45. The summed E-state index contributed by atoms with van der Waals surface area (Å²) < 4.78 is 13.2. The SMILES string of the molecule is C[C@@H](NCc1ccc(N(C)C)cc1)c1cccc(F)c1. The predicted octanol–water partition coefficient (Wildman–Crippen LogP) is 3.74. The van der Waals surface area contributed by atoms with Crippen LogP contribution in [-0.4, -0.2) is 14.1 Å². The minimum Gasteiger partial charge on any atom is -0.378 e. The van der Waals surface area contributed by atoms with Gasteiger partial charge in [0.2, 0.25) is 0 Å². The second-order valence-electron chi connectivity index (χ2n) is 5.22. The highest BCUT2D eigenvalue weighted by Crippen LogP contribution is 2.16. The van der Waals surface area contributed by atoms with Crippen molar-refractivity contribution in [1.82, 2.24) is 5.32 Å². The minimum absolute atomic E-state index is 0.124. The molecule has 0 unspecified atom stereocenters. The lowest BCUT2D eigenvalue weighted by Crippen LogP contribution is -2.18. The molecule has 2 aromatic rings. The predicted molar refractivity (Wildman–Crippen MR) is 82.4 cm³/mol. The van der Waals surface area contributed by atoms with Gasteiger partial charge in [-0.3, -0.25) is 0 Å². The van der Waals surface area contributed by atoms with E-state index in [9.17, 15) is 4.39 Å². The van der Waals surface area contributed by atoms with Crippen LogP contribution >= 0.6 is 0 Å². The molecule has 0 saturated heterocycles. The Morgan fingerprint density at radius 1 is 1.10 bits per heavy atom. The lowest BCUT2D eigenvalue weighted by molar-refractivity contribution is 0.565. The number of nitrogens with zero attached hydrogens (tertiary/aromatic N) is 1. The van der Waals surface area contributed by atoms with Crippen LogP contribution < -0.4 is 10.2 Å². The van der Waals surface area contributed by atoms with E-state index in [0.29, 0.717) is 0 Å². The molecule has 1 N–H and O–H groups in total. The van der Waals surface area contributed by atoms with Crippen LogP contribution in [0.2, 0.25) is 0 Å². The van der Waals surface area contributed by atoms with Crippen molar-refractivity contribution in [3.8, 4) is 0 Å². The molecule has 0 spiro atoms. The molecular formula is C17H21FN2. The Balaban J connectivity index is 1.94. The summed E-state index contributed by atoms with van der Waals surface area (Å²) in [5.74, 6) is -0.188. The van der Waals surface area contributed by atoms with Gasteiger partial charge in [-0.25, -0.2) is 4.39 Å². The van der Waals surface area contributed by atoms with Crippen LogP contribution in [0.1, 0.15) is 24.1 Å². The van der Waals surface area contributed by atoms with E-state index in [1.54, 1.807) is 12.1 Å². The number of rotatable bonds is 5. The molecule has 0 aliphatic heterocycles. The zero-order valence-electron chi connectivity index (χ0n) is 12.2. The van der Waals surface area contributed by atoms with Crippen molar-refractivity contribution < 1.29 is 4.39 Å². The Bertz CT molecular complexity index is 549. The zero-order chi connectivity index (χ0) is 14.5. The van der Waals surface area contributed by atoms with Crippen LogP contribution in [0, 0.1) is 5.82 Å². The number of hydrogen-bond acceptors (Lipinski definition) is 2. The van der Waals surface area contributed by atoms with Gasteiger partial charge in [-0.15, -0.1) is 0 Å². The largest absolute Gasteiger partial charge is 0.378 e. The highest BCUT2D eigenvalue weighted by Gasteiger charge is 2.05. The first-order valence-electron chi connectivity index (χ1n) is 6.81. The van der Waals surface area contributed by atoms with E-state index in [1.807, 2.05) is 27.1 Å². The maximum atomic E-state index is 13.2. The second-order valence-corrected chi connectivity index (χ2v) is 5.22. The molecule has 0 aliphatic carbocycles. The number of hydrogen-bond donors (Lipinski definition) is 1. The molecular weight excluding hydrogens is 251 g/mol. The van der Waals surface area contributed by atoms with Crippen molar-refractivity contribution in [3.63, 3.8) is 0 Å². The summed E-state index contributed by atoms with van der Waals surface area (Å²) in [5.41, 5.74) is 3.38. The third kappa shape index (κ3) is 3.81. The van der Waals surface area contributed by atoms with Gasteiger partial charge in [0.05, 0.1) is 0 Å². The summed E-state index contributed by atoms with van der Waals surface area (Å²) in [7, 11) is 4.05. The average molecular weight is 272 g/mol. The zero-order valence-corrected chi connectivity index (χ0v) is 12.2. The van der Waals surface area contributed by atoms with Crippen LogP contribution in [0.5, 0.6) is 0 Å². The van der Waals surface area contributed by atoms with E-state index in [4.69, 9.17) is 0 Å². The van der Waals surface area contributed by atoms with Crippen LogP contribution in [-0.2, 0) is 6.54 Å². The molecule has 2 nitrogen and oxygen atoms in total. The van der Waals surface area contributed by atoms with Crippen LogP contribution in [0.4, 0.5) is 10.1 Å². The van der Waals surface area contributed by atoms with Gasteiger partial charge in [-0.1, -0.05) is 24.3 Å². The van der Waals surface area contributed by atoms with Gasteiger partial charge in [0, 0.05) is 32.4 Å². The fourth-order valence-corrected chi connectivity index (χ4v) is 2.08. The van der Waals surface area contributed by atoms with Crippen molar-refractivity contribution in [3.05, 3.63) is 65.5 Å². The van der Waals surface area contributed by atoms with Gasteiger partial charge in [-0.2, -0.15) is 0 Å². The smallest absolute Gasteiger partial charge is 0.123 e. The molecule has 2 rings (SSSR count). The molecule has 0 fully saturated rings. The first-order chi connectivity index (χ1) is 9.56. The van der Waals surface area contributed by atoms with Crippen LogP contribution in [0.3, 0.4) is 0 Å². The van der Waals surface area contributed by atoms with E-state index in [1.165, 1.54) is 17.3 Å². The molecule has 1 atom stereocenters. The molecule has 0 amide bonds. The third-order valence-electron chi connectivity index (χ3n) is 3.41. The summed E-state index contributed by atoms with van der Waals surface area (Å²) in [6.07, 6.45) is 0. The van der Waals surface area contributed by atoms with E-state index < -0.39 is 0 Å². The number of nitrogens with one attached hydrogen (secondary N) is 1. The Morgan fingerprint density at radius 3 is 2.40 bits per heavy atom. The fourth-order valence-electron chi connectivity index (χ4n) is 2.08. The van der Waals surface area contributed by atoms with Gasteiger partial charge >= 0.3 is 0 Å². The maximum absolute atomic E-state index is 13.2. The highest BCUT2D eigenvalue weighted by atomic mass is 19.1. The molecule has 0 saturated carbocycles. The van der Waals surface area contributed by atoms with Crippen molar-refractivity contribution >= 4 is 5.69 Å². The van der Waals surface area contributed by atoms with Gasteiger partial charge < -0.3 is 10.2 Å². The number of halogens is 1. The first kappa shape index (κ1) is 14.5. The molecule has 3 heteroatoms. The van der Waals surface area contributed by atoms with Crippen molar-refractivity contribution in [1.29, 1.82) is 0 Å². The third-order valence-corrected chi connectivity index (χ3v) is 3.41. The maximum Gasteiger partial charge on any atom is 0.123 e. The molecule has 0 bridgehead atoms. The standard InChI is InChI=1S/C17H21FN2/c1-13(15-5-4-6-16(18)11-15)19-12-14-7-9-17(10-8-14)20(2)3/h4-11,13,19H,12H2,1-3H3/t13-/m1/s1. The van der Waals surface area contributed by atoms with Gasteiger partial charge in [0.1, 0.15) is 5.82 Å². The molecule has 2 aromatic carbocycles. The quantitative estimate of drug-likeness (QED) is 0.892. The molecule has 0 heterocycles. The second kappa shape index (κ2) is 6.53. The lowest BCUT2D eigenvalue weighted by Gasteiger charge is -2.16. The van der Waals surface area contributed by atoms with E-state index >= 15 is 0 Å². The average Bonchev–Trinajstić information content (AvgIpc) is 2.45. The van der Waals surface area contributed by atoms with Crippen LogP contribution in [0.25, 0.3) is 0 Å². The van der Waals surface area contributed by atoms with Gasteiger partial charge in [0.15, 0.2) is 0 Å². The Labute approximate surface area is 120 Å². The normalized spacial score (nSPS) is 12.2. The Morgan fingerprint density at radius 2 is 1.80 bits per heavy atom. The molecule has 106 valence electrons. The summed E-state index contributed by atoms with van der Waals surface area (Å²) in [6.45, 7) is 2.81. The first-order valence-corrected chi connectivity index (χ1v) is 6.81. The lowest BCUT2D eigenvalue weighted by atomic mass is 10.1. The van der Waals surface area contributed by atoms with Crippen molar-refractivity contribution in [2.45, 2.75) is 19.5 Å². The van der Waals surface area contributed by atoms with E-state index in [0.717, 1.165) is 12.1 Å². The topological polar surface area (TPSA) is 15.3 Å². The summed E-state index contributed by atoms with van der Waals surface area (Å²) >= 11 is 0. The van der Waals surface area contributed by atoms with Crippen LogP contribution in [0.15, 0.2) is 48.5 Å². The Kier molecular flexibility index (Phi) is 4.74. The fraction of sp³-hybridized carbons (Fsp3) is 0.294. The van der Waals surface area contributed by atoms with Crippen molar-refractivity contribution in [2.75, 3.05) is 19.0 Å². The summed E-state index contributed by atoms with van der Waals surface area (Å²) in [6, 6.07) is 15.3. The summed E-state index contributed by atoms with van der Waals surface area (Å²) in [4.78, 5) is 2.08. The van der Waals surface area contributed by atoms with Gasteiger partial charge in [-0.05, 0) is 42.3 Å². The van der Waals surface area contributed by atoms with Gasteiger partial charge in [0.25, 0.3) is 0 Å². The van der Waals surface area contributed by atoms with Crippen molar-refractivity contribution in [2.24, 2.45) is 0 Å². The molecule has 0 aliphatic rings. The summed E-state index contributed by atoms with van der Waals surface area (Å²) in [5, 5.41) is 3.41. The number of benzene rings is 2. The number of anilines is 1. The monoisotopic (exact) mass is 272 g/mol. The van der Waals surface area contributed by atoms with E-state index in [2.05, 4.69) is 34.5 Å². The minimum atomic E-state index is -0.188. The van der Waals surface area contributed by atoms with E-state index in [-0.39, 0.29) is 11.9 Å².